The first-order valence-electron chi connectivity index (χ1n) is 6.65. The summed E-state index contributed by atoms with van der Waals surface area (Å²) in [5.41, 5.74) is 0.329. The Labute approximate surface area is 115 Å². The molecule has 110 valence electrons. The van der Waals surface area contributed by atoms with Gasteiger partial charge in [0, 0.05) is 12.1 Å². The normalized spacial score (nSPS) is 11.8. The molecule has 0 aromatic rings. The van der Waals surface area contributed by atoms with E-state index in [1.54, 1.807) is 6.92 Å². The molecule has 1 unspecified atom stereocenters. The molecule has 0 saturated carbocycles. The third-order valence-electron chi connectivity index (χ3n) is 2.53. The SMILES string of the molecule is C=C(C)C(=O)OCC(OC(=O)NCCCC)C(C)C. The summed E-state index contributed by atoms with van der Waals surface area (Å²) >= 11 is 0. The van der Waals surface area contributed by atoms with Crippen molar-refractivity contribution in [3.63, 3.8) is 0 Å². The fraction of sp³-hybridized carbons (Fsp3) is 0.714. The second kappa shape index (κ2) is 9.42. The average molecular weight is 271 g/mol. The van der Waals surface area contributed by atoms with E-state index in [0.29, 0.717) is 12.1 Å². The minimum atomic E-state index is -0.474. The quantitative estimate of drug-likeness (QED) is 0.419. The van der Waals surface area contributed by atoms with Crippen molar-refractivity contribution < 1.29 is 19.1 Å². The number of esters is 1. The Morgan fingerprint density at radius 1 is 1.32 bits per heavy atom. The van der Waals surface area contributed by atoms with E-state index >= 15 is 0 Å². The molecular weight excluding hydrogens is 246 g/mol. The molecule has 0 rings (SSSR count). The summed E-state index contributed by atoms with van der Waals surface area (Å²) in [6.45, 7) is 11.5. The number of hydrogen-bond donors (Lipinski definition) is 1. The van der Waals surface area contributed by atoms with Crippen LogP contribution in [0, 0.1) is 5.92 Å². The zero-order valence-corrected chi connectivity index (χ0v) is 12.3. The van der Waals surface area contributed by atoms with Crippen molar-refractivity contribution in [3.05, 3.63) is 12.2 Å². The summed E-state index contributed by atoms with van der Waals surface area (Å²) in [5.74, 6) is -0.407. The molecule has 1 N–H and O–H groups in total. The minimum Gasteiger partial charge on any atom is -0.458 e. The lowest BCUT2D eigenvalue weighted by atomic mass is 10.1. The Morgan fingerprint density at radius 3 is 2.42 bits per heavy atom. The van der Waals surface area contributed by atoms with Crippen molar-refractivity contribution in [1.82, 2.24) is 5.32 Å². The Morgan fingerprint density at radius 2 is 1.95 bits per heavy atom. The smallest absolute Gasteiger partial charge is 0.407 e. The van der Waals surface area contributed by atoms with Crippen molar-refractivity contribution in [2.45, 2.75) is 46.6 Å². The van der Waals surface area contributed by atoms with Gasteiger partial charge in [-0.15, -0.1) is 0 Å². The molecule has 5 heteroatoms. The Balaban J connectivity index is 4.15. The predicted molar refractivity (Wildman–Crippen MR) is 73.8 cm³/mol. The van der Waals surface area contributed by atoms with Gasteiger partial charge in [0.15, 0.2) is 0 Å². The summed E-state index contributed by atoms with van der Waals surface area (Å²) in [5, 5.41) is 2.66. The highest BCUT2D eigenvalue weighted by molar-refractivity contribution is 5.86. The Hall–Kier alpha value is -1.52. The lowest BCUT2D eigenvalue weighted by Crippen LogP contribution is -2.35. The van der Waals surface area contributed by atoms with Gasteiger partial charge in [0.2, 0.25) is 0 Å². The van der Waals surface area contributed by atoms with E-state index in [1.165, 1.54) is 0 Å². The van der Waals surface area contributed by atoms with Gasteiger partial charge in [0.25, 0.3) is 0 Å². The van der Waals surface area contributed by atoms with E-state index in [9.17, 15) is 9.59 Å². The third kappa shape index (κ3) is 8.24. The van der Waals surface area contributed by atoms with E-state index < -0.39 is 18.2 Å². The molecule has 0 fully saturated rings. The van der Waals surface area contributed by atoms with Gasteiger partial charge in [-0.1, -0.05) is 33.8 Å². The highest BCUT2D eigenvalue weighted by Crippen LogP contribution is 2.08. The molecule has 5 nitrogen and oxygen atoms in total. The maximum absolute atomic E-state index is 11.5. The van der Waals surface area contributed by atoms with E-state index in [-0.39, 0.29) is 12.5 Å². The van der Waals surface area contributed by atoms with Crippen LogP contribution < -0.4 is 5.32 Å². The molecule has 0 bridgehead atoms. The minimum absolute atomic E-state index is 0.0462. The van der Waals surface area contributed by atoms with Gasteiger partial charge in [-0.3, -0.25) is 0 Å². The van der Waals surface area contributed by atoms with Crippen molar-refractivity contribution >= 4 is 12.1 Å². The average Bonchev–Trinajstić information content (AvgIpc) is 2.33. The van der Waals surface area contributed by atoms with Crippen LogP contribution in [0.1, 0.15) is 40.5 Å². The van der Waals surface area contributed by atoms with Crippen LogP contribution in [0.3, 0.4) is 0 Å². The number of amides is 1. The first-order valence-corrected chi connectivity index (χ1v) is 6.65. The lowest BCUT2D eigenvalue weighted by molar-refractivity contribution is -0.142. The van der Waals surface area contributed by atoms with Crippen LogP contribution in [0.2, 0.25) is 0 Å². The second-order valence-electron chi connectivity index (χ2n) is 4.85. The van der Waals surface area contributed by atoms with Gasteiger partial charge in [-0.2, -0.15) is 0 Å². The standard InChI is InChI=1S/C14H25NO4/c1-6-7-8-15-14(17)19-12(10(2)3)9-18-13(16)11(4)5/h10,12H,4,6-9H2,1-3,5H3,(H,15,17). The second-order valence-corrected chi connectivity index (χ2v) is 4.85. The highest BCUT2D eigenvalue weighted by Gasteiger charge is 2.20. The van der Waals surface area contributed by atoms with Crippen molar-refractivity contribution in [2.75, 3.05) is 13.2 Å². The molecule has 19 heavy (non-hydrogen) atoms. The molecule has 0 aliphatic rings. The monoisotopic (exact) mass is 271 g/mol. The van der Waals surface area contributed by atoms with Crippen LogP contribution in [-0.2, 0) is 14.3 Å². The molecule has 1 atom stereocenters. The van der Waals surface area contributed by atoms with E-state index in [1.807, 2.05) is 20.8 Å². The van der Waals surface area contributed by atoms with Crippen LogP contribution in [0.25, 0.3) is 0 Å². The van der Waals surface area contributed by atoms with Crippen LogP contribution in [0.5, 0.6) is 0 Å². The van der Waals surface area contributed by atoms with Gasteiger partial charge in [0.05, 0.1) is 0 Å². The number of unbranched alkanes of at least 4 members (excludes halogenated alkanes) is 1. The lowest BCUT2D eigenvalue weighted by Gasteiger charge is -2.21. The number of rotatable bonds is 8. The van der Waals surface area contributed by atoms with Crippen molar-refractivity contribution in [3.8, 4) is 0 Å². The number of hydrogen-bond acceptors (Lipinski definition) is 4. The van der Waals surface area contributed by atoms with Crippen LogP contribution in [0.4, 0.5) is 4.79 Å². The van der Waals surface area contributed by atoms with Crippen LogP contribution >= 0.6 is 0 Å². The molecule has 0 aromatic heterocycles. The van der Waals surface area contributed by atoms with Gasteiger partial charge >= 0.3 is 12.1 Å². The topological polar surface area (TPSA) is 64.6 Å². The Kier molecular flexibility index (Phi) is 8.66. The molecule has 0 aliphatic heterocycles. The van der Waals surface area contributed by atoms with Gasteiger partial charge in [-0.25, -0.2) is 9.59 Å². The maximum Gasteiger partial charge on any atom is 0.407 e. The first kappa shape index (κ1) is 17.5. The summed E-state index contributed by atoms with van der Waals surface area (Å²) < 4.78 is 10.2. The number of alkyl carbamates (subject to hydrolysis) is 1. The largest absolute Gasteiger partial charge is 0.458 e. The molecule has 0 saturated heterocycles. The molecule has 0 radical (unpaired) electrons. The molecular formula is C14H25NO4. The van der Waals surface area contributed by atoms with Gasteiger partial charge in [0.1, 0.15) is 12.7 Å². The van der Waals surface area contributed by atoms with E-state index in [4.69, 9.17) is 9.47 Å². The third-order valence-corrected chi connectivity index (χ3v) is 2.53. The van der Waals surface area contributed by atoms with E-state index in [2.05, 4.69) is 11.9 Å². The molecule has 0 aromatic carbocycles. The molecule has 0 aliphatic carbocycles. The Bertz CT molecular complexity index is 313. The fourth-order valence-corrected chi connectivity index (χ4v) is 1.19. The zero-order chi connectivity index (χ0) is 14.8. The van der Waals surface area contributed by atoms with Crippen LogP contribution in [0.15, 0.2) is 12.2 Å². The number of carbonyl (C=O) groups is 2. The van der Waals surface area contributed by atoms with Crippen LogP contribution in [-0.4, -0.2) is 31.3 Å². The summed E-state index contributed by atoms with van der Waals surface area (Å²) in [7, 11) is 0. The van der Waals surface area contributed by atoms with Crippen molar-refractivity contribution in [1.29, 1.82) is 0 Å². The number of carbonyl (C=O) groups excluding carboxylic acids is 2. The molecule has 0 spiro atoms. The maximum atomic E-state index is 11.5. The highest BCUT2D eigenvalue weighted by atomic mass is 16.6. The fourth-order valence-electron chi connectivity index (χ4n) is 1.19. The first-order chi connectivity index (χ1) is 8.88. The van der Waals surface area contributed by atoms with Gasteiger partial charge in [-0.05, 0) is 19.3 Å². The zero-order valence-electron chi connectivity index (χ0n) is 12.3. The summed E-state index contributed by atoms with van der Waals surface area (Å²) in [6.07, 6.45) is 0.986. The summed E-state index contributed by atoms with van der Waals surface area (Å²) in [6, 6.07) is 0. The molecule has 1 amide bonds. The van der Waals surface area contributed by atoms with Crippen molar-refractivity contribution in [2.24, 2.45) is 5.92 Å². The van der Waals surface area contributed by atoms with E-state index in [0.717, 1.165) is 12.8 Å². The number of ether oxygens (including phenoxy) is 2. The predicted octanol–water partition coefficient (Wildman–Crippen LogP) is 2.66. The van der Waals surface area contributed by atoms with Gasteiger partial charge < -0.3 is 14.8 Å². The summed E-state index contributed by atoms with van der Waals surface area (Å²) in [4.78, 5) is 22.8. The number of nitrogens with one attached hydrogen (secondary N) is 1. The molecule has 0 heterocycles.